The van der Waals surface area contributed by atoms with E-state index in [1.54, 1.807) is 29.4 Å². The van der Waals surface area contributed by atoms with Crippen molar-refractivity contribution < 1.29 is 13.2 Å². The summed E-state index contributed by atoms with van der Waals surface area (Å²) in [7, 11) is -3.46. The van der Waals surface area contributed by atoms with E-state index in [1.807, 2.05) is 0 Å². The number of rotatable bonds is 4. The summed E-state index contributed by atoms with van der Waals surface area (Å²) in [5.41, 5.74) is 0.484. The second-order valence-electron chi connectivity index (χ2n) is 6.08. The summed E-state index contributed by atoms with van der Waals surface area (Å²) in [6.45, 7) is 3.06. The van der Waals surface area contributed by atoms with Gasteiger partial charge in [0.2, 0.25) is 10.0 Å². The van der Waals surface area contributed by atoms with Gasteiger partial charge in [-0.15, -0.1) is 0 Å². The standard InChI is InChI=1S/C16H21NO3S/c1-2-16(18)12-5-4-8-15(9-12)21(19,20)17-10-13-6-3-7-14(13)11-17/h4-5,8-9,13-14H,2-3,6-7,10-11H2,1H3. The van der Waals surface area contributed by atoms with Crippen LogP contribution in [-0.4, -0.2) is 31.6 Å². The summed E-state index contributed by atoms with van der Waals surface area (Å²) in [4.78, 5) is 12.0. The summed E-state index contributed by atoms with van der Waals surface area (Å²) in [5, 5.41) is 0. The van der Waals surface area contributed by atoms with Crippen LogP contribution in [0.15, 0.2) is 29.2 Å². The molecule has 5 heteroatoms. The van der Waals surface area contributed by atoms with Crippen molar-refractivity contribution in [3.8, 4) is 0 Å². The van der Waals surface area contributed by atoms with Gasteiger partial charge in [-0.1, -0.05) is 25.5 Å². The molecule has 0 aromatic heterocycles. The van der Waals surface area contributed by atoms with Crippen LogP contribution in [0.25, 0.3) is 0 Å². The van der Waals surface area contributed by atoms with Gasteiger partial charge in [0.25, 0.3) is 0 Å². The van der Waals surface area contributed by atoms with E-state index in [0.717, 1.165) is 12.8 Å². The van der Waals surface area contributed by atoms with Crippen LogP contribution >= 0.6 is 0 Å². The highest BCUT2D eigenvalue weighted by Crippen LogP contribution is 2.39. The normalized spacial score (nSPS) is 26.0. The number of Topliss-reactive ketones (excluding diaryl/α,β-unsaturated/α-hetero) is 1. The fraction of sp³-hybridized carbons (Fsp3) is 0.562. The lowest BCUT2D eigenvalue weighted by Gasteiger charge is -2.17. The largest absolute Gasteiger partial charge is 0.294 e. The van der Waals surface area contributed by atoms with E-state index in [9.17, 15) is 13.2 Å². The number of hydrogen-bond acceptors (Lipinski definition) is 3. The summed E-state index contributed by atoms with van der Waals surface area (Å²) >= 11 is 0. The SMILES string of the molecule is CCC(=O)c1cccc(S(=O)(=O)N2CC3CCCC3C2)c1. The molecule has 0 radical (unpaired) electrons. The van der Waals surface area contributed by atoms with Crippen molar-refractivity contribution in [1.82, 2.24) is 4.31 Å². The first-order chi connectivity index (χ1) is 10.0. The lowest BCUT2D eigenvalue weighted by Crippen LogP contribution is -2.29. The van der Waals surface area contributed by atoms with Crippen molar-refractivity contribution in [2.24, 2.45) is 11.8 Å². The van der Waals surface area contributed by atoms with E-state index in [4.69, 9.17) is 0 Å². The average Bonchev–Trinajstić information content (AvgIpc) is 3.08. The Hall–Kier alpha value is -1.20. The number of carbonyl (C=O) groups is 1. The first-order valence-corrected chi connectivity index (χ1v) is 9.10. The van der Waals surface area contributed by atoms with Crippen molar-refractivity contribution in [2.45, 2.75) is 37.5 Å². The van der Waals surface area contributed by atoms with Crippen LogP contribution in [0.5, 0.6) is 0 Å². The maximum Gasteiger partial charge on any atom is 0.243 e. The molecule has 0 N–H and O–H groups in total. The second-order valence-corrected chi connectivity index (χ2v) is 8.02. The van der Waals surface area contributed by atoms with Gasteiger partial charge in [-0.2, -0.15) is 4.31 Å². The van der Waals surface area contributed by atoms with E-state index in [-0.39, 0.29) is 10.7 Å². The average molecular weight is 307 g/mol. The van der Waals surface area contributed by atoms with Crippen molar-refractivity contribution in [2.75, 3.05) is 13.1 Å². The predicted octanol–water partition coefficient (Wildman–Crippen LogP) is 2.70. The summed E-state index contributed by atoms with van der Waals surface area (Å²) in [6, 6.07) is 6.46. The zero-order chi connectivity index (χ0) is 15.0. The lowest BCUT2D eigenvalue weighted by molar-refractivity contribution is 0.0988. The molecule has 1 heterocycles. The summed E-state index contributed by atoms with van der Waals surface area (Å²) < 4.78 is 27.1. The highest BCUT2D eigenvalue weighted by atomic mass is 32.2. The molecule has 3 rings (SSSR count). The first kappa shape index (κ1) is 14.7. The zero-order valence-corrected chi connectivity index (χ0v) is 13.1. The molecule has 0 spiro atoms. The minimum Gasteiger partial charge on any atom is -0.294 e. The summed E-state index contributed by atoms with van der Waals surface area (Å²) in [5.74, 6) is 1.03. The van der Waals surface area contributed by atoms with Gasteiger partial charge in [0, 0.05) is 25.1 Å². The molecule has 2 atom stereocenters. The molecule has 2 unspecified atom stereocenters. The molecule has 4 nitrogen and oxygen atoms in total. The predicted molar refractivity (Wildman–Crippen MR) is 80.7 cm³/mol. The fourth-order valence-electron chi connectivity index (χ4n) is 3.57. The van der Waals surface area contributed by atoms with Crippen molar-refractivity contribution >= 4 is 15.8 Å². The number of fused-ring (bicyclic) bond motifs is 1. The molecule has 1 aromatic rings. The van der Waals surface area contributed by atoms with Gasteiger partial charge in [-0.25, -0.2) is 8.42 Å². The third-order valence-corrected chi connectivity index (χ3v) is 6.64. The molecule has 1 aliphatic carbocycles. The Labute approximate surface area is 126 Å². The molecule has 0 amide bonds. The quantitative estimate of drug-likeness (QED) is 0.804. The molecule has 21 heavy (non-hydrogen) atoms. The molecule has 0 bridgehead atoms. The van der Waals surface area contributed by atoms with E-state index in [0.29, 0.717) is 36.9 Å². The van der Waals surface area contributed by atoms with Crippen molar-refractivity contribution in [1.29, 1.82) is 0 Å². The van der Waals surface area contributed by atoms with Crippen LogP contribution in [0.2, 0.25) is 0 Å². The molecule has 2 fully saturated rings. The van der Waals surface area contributed by atoms with Crippen LogP contribution in [0.3, 0.4) is 0 Å². The topological polar surface area (TPSA) is 54.5 Å². The maximum atomic E-state index is 12.7. The van der Waals surface area contributed by atoms with Gasteiger partial charge in [0.15, 0.2) is 5.78 Å². The second kappa shape index (κ2) is 5.54. The first-order valence-electron chi connectivity index (χ1n) is 7.65. The molecule has 1 saturated heterocycles. The minimum absolute atomic E-state index is 0.0228. The lowest BCUT2D eigenvalue weighted by atomic mass is 10.0. The summed E-state index contributed by atoms with van der Waals surface area (Å²) in [6.07, 6.45) is 3.90. The molecule has 114 valence electrons. The Morgan fingerprint density at radius 3 is 2.52 bits per heavy atom. The monoisotopic (exact) mass is 307 g/mol. The Morgan fingerprint density at radius 2 is 1.90 bits per heavy atom. The van der Waals surface area contributed by atoms with E-state index < -0.39 is 10.0 Å². The van der Waals surface area contributed by atoms with Gasteiger partial charge in [-0.05, 0) is 36.8 Å². The molecule has 2 aliphatic rings. The zero-order valence-electron chi connectivity index (χ0n) is 12.3. The van der Waals surface area contributed by atoms with Crippen LogP contribution in [-0.2, 0) is 10.0 Å². The Balaban J connectivity index is 1.87. The van der Waals surface area contributed by atoms with Crippen LogP contribution in [0, 0.1) is 11.8 Å². The molecule has 1 aromatic carbocycles. The molecule has 1 aliphatic heterocycles. The number of ketones is 1. The highest BCUT2D eigenvalue weighted by Gasteiger charge is 2.41. The maximum absolute atomic E-state index is 12.7. The number of hydrogen-bond donors (Lipinski definition) is 0. The van der Waals surface area contributed by atoms with Crippen molar-refractivity contribution in [3.63, 3.8) is 0 Å². The van der Waals surface area contributed by atoms with Gasteiger partial charge < -0.3 is 0 Å². The van der Waals surface area contributed by atoms with Crippen molar-refractivity contribution in [3.05, 3.63) is 29.8 Å². The third kappa shape index (κ3) is 2.64. The highest BCUT2D eigenvalue weighted by molar-refractivity contribution is 7.89. The number of nitrogens with zero attached hydrogens (tertiary/aromatic N) is 1. The van der Waals surface area contributed by atoms with Crippen LogP contribution < -0.4 is 0 Å². The Morgan fingerprint density at radius 1 is 1.24 bits per heavy atom. The smallest absolute Gasteiger partial charge is 0.243 e. The molecular weight excluding hydrogens is 286 g/mol. The molecule has 1 saturated carbocycles. The fourth-order valence-corrected chi connectivity index (χ4v) is 5.17. The van der Waals surface area contributed by atoms with Gasteiger partial charge >= 0.3 is 0 Å². The molecular formula is C16H21NO3S. The van der Waals surface area contributed by atoms with Gasteiger partial charge in [-0.3, -0.25) is 4.79 Å². The van der Waals surface area contributed by atoms with Crippen LogP contribution in [0.4, 0.5) is 0 Å². The number of carbonyl (C=O) groups excluding carboxylic acids is 1. The third-order valence-electron chi connectivity index (χ3n) is 4.81. The minimum atomic E-state index is -3.46. The van der Waals surface area contributed by atoms with E-state index in [1.165, 1.54) is 12.5 Å². The van der Waals surface area contributed by atoms with Gasteiger partial charge in [0.05, 0.1) is 4.90 Å². The van der Waals surface area contributed by atoms with Crippen LogP contribution in [0.1, 0.15) is 43.0 Å². The Kier molecular flexibility index (Phi) is 3.88. The van der Waals surface area contributed by atoms with E-state index in [2.05, 4.69) is 0 Å². The Bertz CT molecular complexity index is 641. The number of sulfonamides is 1. The van der Waals surface area contributed by atoms with Gasteiger partial charge in [0.1, 0.15) is 0 Å². The van der Waals surface area contributed by atoms with E-state index >= 15 is 0 Å². The number of benzene rings is 1.